The first kappa shape index (κ1) is 19.8. The third-order valence-corrected chi connectivity index (χ3v) is 4.50. The Morgan fingerprint density at radius 2 is 1.65 bits per heavy atom. The van der Waals surface area contributed by atoms with E-state index in [-0.39, 0.29) is 18.0 Å². The van der Waals surface area contributed by atoms with Gasteiger partial charge >= 0.3 is 6.03 Å². The lowest BCUT2D eigenvalue weighted by molar-refractivity contribution is 0.0773. The summed E-state index contributed by atoms with van der Waals surface area (Å²) in [5, 5.41) is 6.23. The molecule has 0 spiro atoms. The number of hydrogen-bond acceptors (Lipinski definition) is 2. The highest BCUT2D eigenvalue weighted by Gasteiger charge is 2.14. The number of hydrogen-bond donors (Lipinski definition) is 2. The fourth-order valence-corrected chi connectivity index (χ4v) is 2.96. The van der Waals surface area contributed by atoms with Crippen LogP contribution in [-0.2, 0) is 0 Å². The van der Waals surface area contributed by atoms with Gasteiger partial charge in [0.2, 0.25) is 0 Å². The van der Waals surface area contributed by atoms with Crippen LogP contribution in [0.15, 0.2) is 48.5 Å². The highest BCUT2D eigenvalue weighted by Crippen LogP contribution is 2.22. The van der Waals surface area contributed by atoms with E-state index < -0.39 is 0 Å². The van der Waals surface area contributed by atoms with Crippen molar-refractivity contribution in [3.63, 3.8) is 0 Å². The predicted octanol–water partition coefficient (Wildman–Crippen LogP) is 4.70. The number of amides is 3. The van der Waals surface area contributed by atoms with Gasteiger partial charge in [-0.3, -0.25) is 4.79 Å². The van der Waals surface area contributed by atoms with E-state index in [1.54, 1.807) is 35.2 Å². The van der Waals surface area contributed by atoms with Gasteiger partial charge in [-0.1, -0.05) is 29.8 Å². The maximum absolute atomic E-state index is 12.3. The molecule has 0 aliphatic heterocycles. The molecule has 0 radical (unpaired) electrons. The Bertz CT molecular complexity index is 758. The predicted molar refractivity (Wildman–Crippen MR) is 106 cm³/mol. The fraction of sp³-hybridized carbons (Fsp3) is 0.300. The number of carbonyl (C=O) groups is 2. The van der Waals surface area contributed by atoms with Crippen LogP contribution in [0.25, 0.3) is 0 Å². The van der Waals surface area contributed by atoms with Crippen LogP contribution in [0.2, 0.25) is 5.02 Å². The third kappa shape index (κ3) is 4.99. The summed E-state index contributed by atoms with van der Waals surface area (Å²) in [5.74, 6) is -0.0154. The normalized spacial score (nSPS) is 11.5. The number of nitrogens with zero attached hydrogens (tertiary/aromatic N) is 1. The molecule has 1 atom stereocenters. The Morgan fingerprint density at radius 1 is 1.04 bits per heavy atom. The van der Waals surface area contributed by atoms with Gasteiger partial charge < -0.3 is 15.5 Å². The molecule has 5 nitrogen and oxygen atoms in total. The number of benzene rings is 2. The van der Waals surface area contributed by atoms with Crippen molar-refractivity contribution in [2.45, 2.75) is 26.8 Å². The number of rotatable bonds is 6. The second kappa shape index (κ2) is 9.25. The second-order valence-corrected chi connectivity index (χ2v) is 6.30. The molecule has 138 valence electrons. The zero-order chi connectivity index (χ0) is 19.1. The zero-order valence-electron chi connectivity index (χ0n) is 15.3. The van der Waals surface area contributed by atoms with Crippen LogP contribution >= 0.6 is 11.6 Å². The molecule has 0 heterocycles. The standard InChI is InChI=1S/C20H24ClN3O2/c1-4-24(5-2)19(25)15-10-12-16(13-11-15)23-20(26)22-14(3)17-8-6-7-9-18(17)21/h6-14H,4-5H2,1-3H3,(H2,22,23,26). The number of carbonyl (C=O) groups excluding carboxylic acids is 2. The third-order valence-electron chi connectivity index (χ3n) is 4.16. The van der Waals surface area contributed by atoms with Crippen molar-refractivity contribution in [3.8, 4) is 0 Å². The number of anilines is 1. The molecule has 0 aliphatic carbocycles. The van der Waals surface area contributed by atoms with Crippen LogP contribution < -0.4 is 10.6 Å². The van der Waals surface area contributed by atoms with E-state index in [4.69, 9.17) is 11.6 Å². The van der Waals surface area contributed by atoms with Crippen molar-refractivity contribution < 1.29 is 9.59 Å². The SMILES string of the molecule is CCN(CC)C(=O)c1ccc(NC(=O)NC(C)c2ccccc2Cl)cc1. The minimum absolute atomic E-state index is 0.0154. The zero-order valence-corrected chi connectivity index (χ0v) is 16.0. The number of urea groups is 1. The summed E-state index contributed by atoms with van der Waals surface area (Å²) < 4.78 is 0. The molecule has 3 amide bonds. The Hall–Kier alpha value is -2.53. The van der Waals surface area contributed by atoms with E-state index in [1.807, 2.05) is 39.0 Å². The molecule has 2 aromatic carbocycles. The molecule has 0 aromatic heterocycles. The van der Waals surface area contributed by atoms with Crippen LogP contribution in [0.1, 0.15) is 42.7 Å². The molecule has 0 aliphatic rings. The van der Waals surface area contributed by atoms with Crippen LogP contribution in [0.4, 0.5) is 10.5 Å². The largest absolute Gasteiger partial charge is 0.339 e. The van der Waals surface area contributed by atoms with E-state index >= 15 is 0 Å². The minimum atomic E-state index is -0.333. The van der Waals surface area contributed by atoms with Crippen LogP contribution in [0.3, 0.4) is 0 Å². The Kier molecular flexibility index (Phi) is 7.04. The average Bonchev–Trinajstić information content (AvgIpc) is 2.63. The summed E-state index contributed by atoms with van der Waals surface area (Å²) in [6.45, 7) is 7.09. The fourth-order valence-electron chi connectivity index (χ4n) is 2.66. The van der Waals surface area contributed by atoms with Crippen molar-refractivity contribution in [2.24, 2.45) is 0 Å². The van der Waals surface area contributed by atoms with Gasteiger partial charge in [0.15, 0.2) is 0 Å². The molecular formula is C20H24ClN3O2. The van der Waals surface area contributed by atoms with Gasteiger partial charge in [-0.05, 0) is 56.7 Å². The smallest absolute Gasteiger partial charge is 0.319 e. The van der Waals surface area contributed by atoms with Crippen LogP contribution in [0.5, 0.6) is 0 Å². The summed E-state index contributed by atoms with van der Waals surface area (Å²) in [5.41, 5.74) is 2.07. The van der Waals surface area contributed by atoms with Crippen molar-refractivity contribution in [1.29, 1.82) is 0 Å². The maximum atomic E-state index is 12.3. The topological polar surface area (TPSA) is 61.4 Å². The molecule has 0 saturated heterocycles. The van der Waals surface area contributed by atoms with Crippen molar-refractivity contribution in [3.05, 3.63) is 64.7 Å². The van der Waals surface area contributed by atoms with Crippen LogP contribution in [-0.4, -0.2) is 29.9 Å². The quantitative estimate of drug-likeness (QED) is 0.770. The summed E-state index contributed by atoms with van der Waals surface area (Å²) in [6.07, 6.45) is 0. The van der Waals surface area contributed by atoms with Gasteiger partial charge in [0.25, 0.3) is 5.91 Å². The summed E-state index contributed by atoms with van der Waals surface area (Å²) in [6, 6.07) is 13.7. The summed E-state index contributed by atoms with van der Waals surface area (Å²) >= 11 is 6.15. The van der Waals surface area contributed by atoms with Gasteiger partial charge in [-0.2, -0.15) is 0 Å². The first-order valence-electron chi connectivity index (χ1n) is 8.67. The lowest BCUT2D eigenvalue weighted by Gasteiger charge is -2.19. The number of halogens is 1. The molecule has 1 unspecified atom stereocenters. The molecule has 0 saturated carbocycles. The molecule has 0 bridgehead atoms. The Morgan fingerprint density at radius 3 is 2.23 bits per heavy atom. The lowest BCUT2D eigenvalue weighted by atomic mass is 10.1. The van der Waals surface area contributed by atoms with Gasteiger partial charge in [0, 0.05) is 29.4 Å². The monoisotopic (exact) mass is 373 g/mol. The van der Waals surface area contributed by atoms with Gasteiger partial charge in [0.1, 0.15) is 0 Å². The van der Waals surface area contributed by atoms with E-state index in [1.165, 1.54) is 0 Å². The molecule has 26 heavy (non-hydrogen) atoms. The van der Waals surface area contributed by atoms with Gasteiger partial charge in [-0.25, -0.2) is 4.79 Å². The van der Waals surface area contributed by atoms with Crippen molar-refractivity contribution in [1.82, 2.24) is 10.2 Å². The first-order chi connectivity index (χ1) is 12.5. The van der Waals surface area contributed by atoms with E-state index in [9.17, 15) is 9.59 Å². The summed E-state index contributed by atoms with van der Waals surface area (Å²) in [4.78, 5) is 26.2. The molecule has 2 aromatic rings. The molecule has 2 N–H and O–H groups in total. The van der Waals surface area contributed by atoms with E-state index in [0.717, 1.165) is 5.56 Å². The second-order valence-electron chi connectivity index (χ2n) is 5.90. The lowest BCUT2D eigenvalue weighted by Crippen LogP contribution is -2.31. The first-order valence-corrected chi connectivity index (χ1v) is 9.05. The van der Waals surface area contributed by atoms with Crippen molar-refractivity contribution >= 4 is 29.2 Å². The van der Waals surface area contributed by atoms with E-state index in [0.29, 0.717) is 29.4 Å². The van der Waals surface area contributed by atoms with E-state index in [2.05, 4.69) is 10.6 Å². The van der Waals surface area contributed by atoms with Gasteiger partial charge in [0.05, 0.1) is 6.04 Å². The van der Waals surface area contributed by atoms with Crippen LogP contribution in [0, 0.1) is 0 Å². The molecule has 2 rings (SSSR count). The molecule has 0 fully saturated rings. The number of nitrogens with one attached hydrogen (secondary N) is 2. The molecular weight excluding hydrogens is 350 g/mol. The highest BCUT2D eigenvalue weighted by atomic mass is 35.5. The minimum Gasteiger partial charge on any atom is -0.339 e. The Labute approximate surface area is 159 Å². The van der Waals surface area contributed by atoms with Crippen molar-refractivity contribution in [2.75, 3.05) is 18.4 Å². The Balaban J connectivity index is 1.97. The average molecular weight is 374 g/mol. The van der Waals surface area contributed by atoms with Gasteiger partial charge in [-0.15, -0.1) is 0 Å². The maximum Gasteiger partial charge on any atom is 0.319 e. The molecule has 6 heteroatoms. The highest BCUT2D eigenvalue weighted by molar-refractivity contribution is 6.31. The summed E-state index contributed by atoms with van der Waals surface area (Å²) in [7, 11) is 0.